The van der Waals surface area contributed by atoms with Gasteiger partial charge in [0.1, 0.15) is 19.9 Å². The summed E-state index contributed by atoms with van der Waals surface area (Å²) >= 11 is 0. The largest absolute Gasteiger partial charge is 0.322 e. The van der Waals surface area contributed by atoms with Crippen molar-refractivity contribution in [1.29, 1.82) is 0 Å². The van der Waals surface area contributed by atoms with E-state index in [0.717, 1.165) is 0 Å². The van der Waals surface area contributed by atoms with Crippen LogP contribution < -0.4 is 9.96 Å². The van der Waals surface area contributed by atoms with E-state index in [1.165, 1.54) is 30.5 Å². The molecule has 1 amide bonds. The van der Waals surface area contributed by atoms with Crippen LogP contribution in [0.4, 0.5) is 15.9 Å². The number of halogens is 1. The normalized spacial score (nSPS) is 11.2. The molecule has 20 heavy (non-hydrogen) atoms. The zero-order valence-corrected chi connectivity index (χ0v) is 11.2. The predicted molar refractivity (Wildman–Crippen MR) is 74.0 cm³/mol. The lowest BCUT2D eigenvalue weighted by Crippen LogP contribution is -2.36. The summed E-state index contributed by atoms with van der Waals surface area (Å²) in [5.74, 6) is -0.292. The van der Waals surface area contributed by atoms with Crippen LogP contribution in [-0.4, -0.2) is 30.2 Å². The van der Waals surface area contributed by atoms with Gasteiger partial charge in [0, 0.05) is 18.0 Å². The molecule has 104 valence electrons. The number of aromatic nitrogens is 1. The highest BCUT2D eigenvalue weighted by atomic mass is 19.1. The molecule has 0 unspecified atom stereocenters. The van der Waals surface area contributed by atoms with Crippen LogP contribution in [0.25, 0.3) is 0 Å². The molecule has 1 heterocycles. The van der Waals surface area contributed by atoms with Crippen LogP contribution >= 0.6 is 0 Å². The van der Waals surface area contributed by atoms with Crippen molar-refractivity contribution >= 4 is 17.4 Å². The van der Waals surface area contributed by atoms with Crippen molar-refractivity contribution in [2.24, 2.45) is 0 Å². The second-order valence-corrected chi connectivity index (χ2v) is 4.76. The molecule has 0 fully saturated rings. The molecule has 1 aromatic heterocycles. The third-order valence-electron chi connectivity index (χ3n) is 2.67. The number of hydrogen-bond donors (Lipinski definition) is 2. The number of anilines is 1. The Morgan fingerprint density at radius 2 is 1.85 bits per heavy atom. The number of quaternary nitrogens is 1. The van der Waals surface area contributed by atoms with Gasteiger partial charge in [-0.2, -0.15) is 0 Å². The SMILES string of the molecule is C[N+](C)(O)c1ccc(C(=O)Nc2ccc(F)cc2)cn1. The summed E-state index contributed by atoms with van der Waals surface area (Å²) in [6.45, 7) is 0. The molecule has 6 heteroatoms. The van der Waals surface area contributed by atoms with Crippen molar-refractivity contribution in [1.82, 2.24) is 9.63 Å². The fourth-order valence-corrected chi connectivity index (χ4v) is 1.58. The summed E-state index contributed by atoms with van der Waals surface area (Å²) in [5, 5.41) is 12.3. The first kappa shape index (κ1) is 14.1. The Bertz CT molecular complexity index is 604. The third-order valence-corrected chi connectivity index (χ3v) is 2.67. The highest BCUT2D eigenvalue weighted by molar-refractivity contribution is 6.04. The maximum Gasteiger partial charge on any atom is 0.259 e. The van der Waals surface area contributed by atoms with Gasteiger partial charge >= 0.3 is 0 Å². The van der Waals surface area contributed by atoms with E-state index in [4.69, 9.17) is 0 Å². The number of nitrogens with zero attached hydrogens (tertiary/aromatic N) is 2. The van der Waals surface area contributed by atoms with Crippen molar-refractivity contribution in [2.45, 2.75) is 0 Å². The van der Waals surface area contributed by atoms with Gasteiger partial charge in [-0.05, 0) is 30.3 Å². The molecule has 5 nitrogen and oxygen atoms in total. The minimum atomic E-state index is -0.417. The van der Waals surface area contributed by atoms with Crippen molar-refractivity contribution in [3.05, 3.63) is 54.0 Å². The van der Waals surface area contributed by atoms with Crippen LogP contribution in [0.2, 0.25) is 0 Å². The summed E-state index contributed by atoms with van der Waals surface area (Å²) < 4.78 is 12.3. The second-order valence-electron chi connectivity index (χ2n) is 4.76. The molecule has 0 aliphatic carbocycles. The van der Waals surface area contributed by atoms with Crippen LogP contribution in [-0.2, 0) is 0 Å². The minimum Gasteiger partial charge on any atom is -0.322 e. The third kappa shape index (κ3) is 3.37. The monoisotopic (exact) mass is 276 g/mol. The lowest BCUT2D eigenvalue weighted by molar-refractivity contribution is -0.0317. The van der Waals surface area contributed by atoms with Gasteiger partial charge in [0.15, 0.2) is 0 Å². The standard InChI is InChI=1S/C14H14FN3O2/c1-18(2,20)13-8-3-10(9-16-13)14(19)17-12-6-4-11(15)5-7-12/h3-9,20H,1-2H3/p+1. The predicted octanol–water partition coefficient (Wildman–Crippen LogP) is 2.43. The number of nitrogens with one attached hydrogen (secondary N) is 1. The smallest absolute Gasteiger partial charge is 0.259 e. The van der Waals surface area contributed by atoms with Crippen molar-refractivity contribution in [3.8, 4) is 0 Å². The Labute approximate surface area is 115 Å². The van der Waals surface area contributed by atoms with Gasteiger partial charge in [0.05, 0.1) is 5.56 Å². The topological polar surface area (TPSA) is 62.2 Å². The van der Waals surface area contributed by atoms with Crippen LogP contribution in [0, 0.1) is 5.82 Å². The maximum absolute atomic E-state index is 12.8. The Morgan fingerprint density at radius 1 is 1.20 bits per heavy atom. The van der Waals surface area contributed by atoms with E-state index >= 15 is 0 Å². The minimum absolute atomic E-state index is 0.348. The summed E-state index contributed by atoms with van der Waals surface area (Å²) in [6.07, 6.45) is 1.38. The van der Waals surface area contributed by atoms with Crippen LogP contribution in [0.5, 0.6) is 0 Å². The average molecular weight is 276 g/mol. The first-order valence-electron chi connectivity index (χ1n) is 5.96. The van der Waals surface area contributed by atoms with E-state index in [1.807, 2.05) is 0 Å². The molecule has 0 spiro atoms. The highest BCUT2D eigenvalue weighted by Crippen LogP contribution is 2.14. The van der Waals surface area contributed by atoms with E-state index in [9.17, 15) is 14.4 Å². The summed E-state index contributed by atoms with van der Waals surface area (Å²) in [6, 6.07) is 8.62. The number of amides is 1. The fourth-order valence-electron chi connectivity index (χ4n) is 1.58. The van der Waals surface area contributed by atoms with Crippen LogP contribution in [0.15, 0.2) is 42.6 Å². The number of carbonyl (C=O) groups is 1. The lowest BCUT2D eigenvalue weighted by Gasteiger charge is -2.17. The summed E-state index contributed by atoms with van der Waals surface area (Å²) in [4.78, 5) is 16.0. The first-order valence-corrected chi connectivity index (χ1v) is 5.96. The maximum atomic E-state index is 12.8. The molecule has 1 aromatic carbocycles. The molecular formula is C14H15FN3O2+. The van der Waals surface area contributed by atoms with Gasteiger partial charge in [-0.1, -0.05) is 0 Å². The van der Waals surface area contributed by atoms with Gasteiger partial charge in [-0.3, -0.25) is 4.79 Å². The number of benzene rings is 1. The van der Waals surface area contributed by atoms with Gasteiger partial charge < -0.3 is 5.32 Å². The highest BCUT2D eigenvalue weighted by Gasteiger charge is 2.18. The Hall–Kier alpha value is -2.31. The second kappa shape index (κ2) is 5.36. The van der Waals surface area contributed by atoms with E-state index in [-0.39, 0.29) is 11.7 Å². The lowest BCUT2D eigenvalue weighted by atomic mass is 10.2. The zero-order chi connectivity index (χ0) is 14.8. The average Bonchev–Trinajstić information content (AvgIpc) is 2.40. The molecule has 0 aliphatic heterocycles. The van der Waals surface area contributed by atoms with Gasteiger partial charge in [0.25, 0.3) is 11.7 Å². The molecule has 0 saturated heterocycles. The molecule has 2 rings (SSSR count). The molecule has 2 N–H and O–H groups in total. The van der Waals surface area contributed by atoms with Crippen LogP contribution in [0.1, 0.15) is 10.4 Å². The van der Waals surface area contributed by atoms with Crippen molar-refractivity contribution in [2.75, 3.05) is 19.4 Å². The van der Waals surface area contributed by atoms with Crippen molar-refractivity contribution in [3.63, 3.8) is 0 Å². The number of hydrogen-bond acceptors (Lipinski definition) is 3. The number of pyridine rings is 1. The molecule has 0 atom stereocenters. The number of carbonyl (C=O) groups excluding carboxylic acids is 1. The summed E-state index contributed by atoms with van der Waals surface area (Å²) in [7, 11) is 3.11. The molecule has 0 radical (unpaired) electrons. The molecule has 2 aromatic rings. The number of hydroxylamine groups is 2. The molecule has 0 bridgehead atoms. The molecule has 0 aliphatic rings. The van der Waals surface area contributed by atoms with E-state index < -0.39 is 4.65 Å². The van der Waals surface area contributed by atoms with Gasteiger partial charge in [-0.25, -0.2) is 14.6 Å². The molecular weight excluding hydrogens is 261 g/mol. The van der Waals surface area contributed by atoms with E-state index in [2.05, 4.69) is 10.3 Å². The van der Waals surface area contributed by atoms with E-state index in [1.54, 1.807) is 26.2 Å². The quantitative estimate of drug-likeness (QED) is 0.668. The Kier molecular flexibility index (Phi) is 3.78. The molecule has 0 saturated carbocycles. The van der Waals surface area contributed by atoms with Gasteiger partial charge in [0.2, 0.25) is 0 Å². The Balaban J connectivity index is 2.11. The fraction of sp³-hybridized carbons (Fsp3) is 0.143. The van der Waals surface area contributed by atoms with Crippen molar-refractivity contribution < 1.29 is 14.4 Å². The van der Waals surface area contributed by atoms with Gasteiger partial charge in [-0.15, -0.1) is 4.65 Å². The van der Waals surface area contributed by atoms with E-state index in [0.29, 0.717) is 17.1 Å². The first-order chi connectivity index (χ1) is 9.36. The summed E-state index contributed by atoms with van der Waals surface area (Å²) in [5.41, 5.74) is 0.852. The Morgan fingerprint density at radius 3 is 2.35 bits per heavy atom. The zero-order valence-electron chi connectivity index (χ0n) is 11.2. The number of rotatable bonds is 3. The van der Waals surface area contributed by atoms with Crippen LogP contribution in [0.3, 0.4) is 0 Å².